The SMILES string of the molecule is O=C(O)CC1COCC(=O)N1Cc1cccc(C(F)(F)F)c1. The van der Waals surface area contributed by atoms with Crippen molar-refractivity contribution in [1.82, 2.24) is 4.90 Å². The molecule has 1 heterocycles. The van der Waals surface area contributed by atoms with Gasteiger partial charge < -0.3 is 14.7 Å². The van der Waals surface area contributed by atoms with Crippen LogP contribution in [0.3, 0.4) is 0 Å². The summed E-state index contributed by atoms with van der Waals surface area (Å²) in [5.41, 5.74) is -0.513. The molecule has 1 aromatic carbocycles. The Morgan fingerprint density at radius 1 is 1.41 bits per heavy atom. The van der Waals surface area contributed by atoms with E-state index in [2.05, 4.69) is 0 Å². The van der Waals surface area contributed by atoms with Gasteiger partial charge in [-0.15, -0.1) is 0 Å². The molecular formula is C14H14F3NO4. The Bertz CT molecular complexity index is 573. The molecule has 0 aliphatic carbocycles. The van der Waals surface area contributed by atoms with Gasteiger partial charge in [0.1, 0.15) is 6.61 Å². The number of carbonyl (C=O) groups excluding carboxylic acids is 1. The molecule has 1 fully saturated rings. The second kappa shape index (κ2) is 6.35. The van der Waals surface area contributed by atoms with Crippen molar-refractivity contribution in [3.63, 3.8) is 0 Å². The number of carboxylic acid groups (broad SMARTS) is 1. The van der Waals surface area contributed by atoms with Crippen molar-refractivity contribution in [2.45, 2.75) is 25.2 Å². The van der Waals surface area contributed by atoms with Gasteiger partial charge in [-0.3, -0.25) is 9.59 Å². The van der Waals surface area contributed by atoms with Gasteiger partial charge in [0, 0.05) is 6.54 Å². The first kappa shape index (κ1) is 16.3. The predicted molar refractivity (Wildman–Crippen MR) is 68.9 cm³/mol. The van der Waals surface area contributed by atoms with E-state index in [0.717, 1.165) is 12.1 Å². The summed E-state index contributed by atoms with van der Waals surface area (Å²) < 4.78 is 43.1. The van der Waals surface area contributed by atoms with Gasteiger partial charge in [0.05, 0.1) is 24.6 Å². The molecule has 0 radical (unpaired) electrons. The van der Waals surface area contributed by atoms with Gasteiger partial charge in [-0.05, 0) is 17.7 Å². The number of carboxylic acids is 1. The van der Waals surface area contributed by atoms with E-state index in [1.54, 1.807) is 0 Å². The number of alkyl halides is 3. The molecule has 0 aromatic heterocycles. The van der Waals surface area contributed by atoms with Gasteiger partial charge >= 0.3 is 12.1 Å². The van der Waals surface area contributed by atoms with Gasteiger partial charge in [-0.1, -0.05) is 12.1 Å². The maximum Gasteiger partial charge on any atom is 0.416 e. The number of aliphatic carboxylic acids is 1. The number of nitrogens with zero attached hydrogens (tertiary/aromatic N) is 1. The summed E-state index contributed by atoms with van der Waals surface area (Å²) in [5, 5.41) is 8.84. The summed E-state index contributed by atoms with van der Waals surface area (Å²) in [7, 11) is 0. The van der Waals surface area contributed by atoms with Crippen molar-refractivity contribution in [1.29, 1.82) is 0 Å². The van der Waals surface area contributed by atoms with Gasteiger partial charge in [-0.2, -0.15) is 13.2 Å². The number of hydrogen-bond acceptors (Lipinski definition) is 3. The number of ether oxygens (including phenoxy) is 1. The molecule has 120 valence electrons. The fourth-order valence-corrected chi connectivity index (χ4v) is 2.29. The van der Waals surface area contributed by atoms with E-state index in [4.69, 9.17) is 9.84 Å². The average molecular weight is 317 g/mol. The van der Waals surface area contributed by atoms with Crippen molar-refractivity contribution in [2.75, 3.05) is 13.2 Å². The minimum Gasteiger partial charge on any atom is -0.481 e. The van der Waals surface area contributed by atoms with Crippen molar-refractivity contribution in [3.8, 4) is 0 Å². The Morgan fingerprint density at radius 3 is 2.77 bits per heavy atom. The summed E-state index contributed by atoms with van der Waals surface area (Å²) in [6.07, 6.45) is -4.78. The summed E-state index contributed by atoms with van der Waals surface area (Å²) in [4.78, 5) is 23.9. The highest BCUT2D eigenvalue weighted by Gasteiger charge is 2.32. The number of amides is 1. The van der Waals surface area contributed by atoms with Crippen LogP contribution in [0, 0.1) is 0 Å². The van der Waals surface area contributed by atoms with Crippen LogP contribution in [0.4, 0.5) is 13.2 Å². The largest absolute Gasteiger partial charge is 0.481 e. The monoisotopic (exact) mass is 317 g/mol. The number of carbonyl (C=O) groups is 2. The van der Waals surface area contributed by atoms with E-state index in [1.807, 2.05) is 0 Å². The first-order chi connectivity index (χ1) is 10.3. The second-order valence-electron chi connectivity index (χ2n) is 4.99. The Kier molecular flexibility index (Phi) is 4.70. The molecule has 0 bridgehead atoms. The fourth-order valence-electron chi connectivity index (χ4n) is 2.29. The number of rotatable bonds is 4. The van der Waals surface area contributed by atoms with Gasteiger partial charge in [-0.25, -0.2) is 0 Å². The molecule has 1 amide bonds. The molecule has 0 saturated carbocycles. The van der Waals surface area contributed by atoms with E-state index < -0.39 is 29.7 Å². The first-order valence-electron chi connectivity index (χ1n) is 6.52. The molecular weight excluding hydrogens is 303 g/mol. The molecule has 1 atom stereocenters. The standard InChI is InChI=1S/C14H14F3NO4/c15-14(16,17)10-3-1-2-9(4-10)6-18-11(5-13(20)21)7-22-8-12(18)19/h1-4,11H,5-8H2,(H,20,21). The molecule has 1 aromatic rings. The third-order valence-electron chi connectivity index (χ3n) is 3.31. The Hall–Kier alpha value is -2.09. The maximum absolute atomic E-state index is 12.7. The number of halogens is 3. The number of hydrogen-bond donors (Lipinski definition) is 1. The van der Waals surface area contributed by atoms with Crippen LogP contribution >= 0.6 is 0 Å². The lowest BCUT2D eigenvalue weighted by Crippen LogP contribution is -2.49. The smallest absolute Gasteiger partial charge is 0.416 e. The van der Waals surface area contributed by atoms with Crippen molar-refractivity contribution in [3.05, 3.63) is 35.4 Å². The molecule has 1 aliphatic heterocycles. The molecule has 1 unspecified atom stereocenters. The number of benzene rings is 1. The summed E-state index contributed by atoms with van der Waals surface area (Å²) >= 11 is 0. The lowest BCUT2D eigenvalue weighted by Gasteiger charge is -2.34. The van der Waals surface area contributed by atoms with E-state index in [-0.39, 0.29) is 26.2 Å². The highest BCUT2D eigenvalue weighted by atomic mass is 19.4. The Balaban J connectivity index is 2.19. The molecule has 2 rings (SSSR count). The highest BCUT2D eigenvalue weighted by Crippen LogP contribution is 2.30. The molecule has 1 saturated heterocycles. The second-order valence-corrected chi connectivity index (χ2v) is 4.99. The van der Waals surface area contributed by atoms with Gasteiger partial charge in [0.25, 0.3) is 0 Å². The van der Waals surface area contributed by atoms with E-state index in [9.17, 15) is 22.8 Å². The molecule has 8 heteroatoms. The van der Waals surface area contributed by atoms with Crippen LogP contribution in [0.5, 0.6) is 0 Å². The summed E-state index contributed by atoms with van der Waals surface area (Å²) in [5.74, 6) is -1.53. The van der Waals surface area contributed by atoms with Crippen LogP contribution in [0.2, 0.25) is 0 Å². The van der Waals surface area contributed by atoms with E-state index in [1.165, 1.54) is 17.0 Å². The lowest BCUT2D eigenvalue weighted by atomic mass is 10.1. The third-order valence-corrected chi connectivity index (χ3v) is 3.31. The summed E-state index contributed by atoms with van der Waals surface area (Å²) in [6.45, 7) is -0.226. The van der Waals surface area contributed by atoms with Crippen LogP contribution in [-0.2, 0) is 27.0 Å². The van der Waals surface area contributed by atoms with Gasteiger partial charge in [0.2, 0.25) is 5.91 Å². The molecule has 1 N–H and O–H groups in total. The Morgan fingerprint density at radius 2 is 2.14 bits per heavy atom. The Labute approximate surface area is 124 Å². The fraction of sp³-hybridized carbons (Fsp3) is 0.429. The number of morpholine rings is 1. The van der Waals surface area contributed by atoms with E-state index >= 15 is 0 Å². The van der Waals surface area contributed by atoms with Crippen LogP contribution < -0.4 is 0 Å². The van der Waals surface area contributed by atoms with Gasteiger partial charge in [0.15, 0.2) is 0 Å². The van der Waals surface area contributed by atoms with Crippen molar-refractivity contribution < 1.29 is 32.6 Å². The van der Waals surface area contributed by atoms with Crippen LogP contribution in [0.1, 0.15) is 17.5 Å². The highest BCUT2D eigenvalue weighted by molar-refractivity contribution is 5.79. The molecule has 0 spiro atoms. The van der Waals surface area contributed by atoms with Crippen LogP contribution in [0.25, 0.3) is 0 Å². The zero-order valence-electron chi connectivity index (χ0n) is 11.5. The summed E-state index contributed by atoms with van der Waals surface area (Å²) in [6, 6.07) is 3.94. The van der Waals surface area contributed by atoms with E-state index in [0.29, 0.717) is 5.56 Å². The lowest BCUT2D eigenvalue weighted by molar-refractivity contribution is -0.152. The quantitative estimate of drug-likeness (QED) is 0.921. The normalized spacial score (nSPS) is 19.3. The zero-order chi connectivity index (χ0) is 16.3. The van der Waals surface area contributed by atoms with Crippen LogP contribution in [0.15, 0.2) is 24.3 Å². The minimum absolute atomic E-state index is 0.0526. The topological polar surface area (TPSA) is 66.8 Å². The minimum atomic E-state index is -4.47. The predicted octanol–water partition coefficient (Wildman–Crippen LogP) is 1.91. The maximum atomic E-state index is 12.7. The van der Waals surface area contributed by atoms with Crippen molar-refractivity contribution in [2.24, 2.45) is 0 Å². The molecule has 5 nitrogen and oxygen atoms in total. The van der Waals surface area contributed by atoms with Crippen LogP contribution in [-0.4, -0.2) is 41.1 Å². The zero-order valence-corrected chi connectivity index (χ0v) is 11.5. The molecule has 1 aliphatic rings. The first-order valence-corrected chi connectivity index (χ1v) is 6.52. The average Bonchev–Trinajstić information content (AvgIpc) is 2.41. The van der Waals surface area contributed by atoms with Crippen molar-refractivity contribution >= 4 is 11.9 Å². The third kappa shape index (κ3) is 3.97. The molecule has 22 heavy (non-hydrogen) atoms.